The fourth-order valence-electron chi connectivity index (χ4n) is 2.23. The first-order chi connectivity index (χ1) is 8.16. The quantitative estimate of drug-likeness (QED) is 0.897. The van der Waals surface area contributed by atoms with E-state index >= 15 is 0 Å². The average molecular weight is 302 g/mol. The second-order valence-corrected chi connectivity index (χ2v) is 5.21. The molecule has 0 saturated heterocycles. The molecule has 1 saturated carbocycles. The van der Waals surface area contributed by atoms with Crippen LogP contribution < -0.4 is 5.32 Å². The predicted molar refractivity (Wildman–Crippen MR) is 66.7 cm³/mol. The Balaban J connectivity index is 1.79. The van der Waals surface area contributed by atoms with Crippen molar-refractivity contribution in [3.05, 3.63) is 22.6 Å². The zero-order valence-corrected chi connectivity index (χ0v) is 11.1. The Hall–Kier alpha value is -0.810. The van der Waals surface area contributed by atoms with Gasteiger partial charge in [0.1, 0.15) is 0 Å². The maximum absolute atomic E-state index is 11.6. The second-order valence-electron chi connectivity index (χ2n) is 4.43. The summed E-state index contributed by atoms with van der Waals surface area (Å²) >= 11 is 3.14. The molecule has 0 aliphatic heterocycles. The lowest BCUT2D eigenvalue weighted by atomic mass is 10.0. The molecule has 1 aromatic heterocycles. The van der Waals surface area contributed by atoms with E-state index < -0.39 is 6.10 Å². The first-order valence-corrected chi connectivity index (χ1v) is 6.67. The van der Waals surface area contributed by atoms with Gasteiger partial charge in [-0.3, -0.25) is 4.79 Å². The summed E-state index contributed by atoms with van der Waals surface area (Å²) in [5.41, 5.74) is 0. The molecule has 1 atom stereocenters. The minimum absolute atomic E-state index is 0.260. The van der Waals surface area contributed by atoms with E-state index in [0.29, 0.717) is 17.1 Å². The van der Waals surface area contributed by atoms with E-state index in [0.717, 1.165) is 12.8 Å². The van der Waals surface area contributed by atoms with Gasteiger partial charge in [-0.1, -0.05) is 12.8 Å². The fourth-order valence-corrected chi connectivity index (χ4v) is 2.54. The molecule has 17 heavy (non-hydrogen) atoms. The normalized spacial score (nSPS) is 18.2. The van der Waals surface area contributed by atoms with Gasteiger partial charge in [0.05, 0.1) is 6.10 Å². The molecule has 0 radical (unpaired) electrons. The molecule has 1 heterocycles. The van der Waals surface area contributed by atoms with Gasteiger partial charge in [-0.15, -0.1) is 0 Å². The van der Waals surface area contributed by atoms with Crippen LogP contribution in [0.25, 0.3) is 0 Å². The van der Waals surface area contributed by atoms with E-state index in [4.69, 9.17) is 4.42 Å². The van der Waals surface area contributed by atoms with Crippen LogP contribution in [0.2, 0.25) is 0 Å². The summed E-state index contributed by atoms with van der Waals surface area (Å²) in [5, 5.41) is 12.6. The number of rotatable bonds is 4. The molecule has 1 amide bonds. The van der Waals surface area contributed by atoms with E-state index in [-0.39, 0.29) is 11.7 Å². The molecule has 1 aromatic rings. The van der Waals surface area contributed by atoms with Crippen LogP contribution in [-0.2, 0) is 0 Å². The number of halogens is 1. The van der Waals surface area contributed by atoms with Gasteiger partial charge in [0, 0.05) is 6.54 Å². The van der Waals surface area contributed by atoms with Crippen LogP contribution in [0.1, 0.15) is 36.2 Å². The van der Waals surface area contributed by atoms with E-state index in [1.54, 1.807) is 12.1 Å². The first kappa shape index (κ1) is 12.6. The number of carbonyl (C=O) groups excluding carboxylic acids is 1. The minimum Gasteiger partial charge on any atom is -0.444 e. The summed E-state index contributed by atoms with van der Waals surface area (Å²) in [5.74, 6) is 0.307. The summed E-state index contributed by atoms with van der Waals surface area (Å²) in [6, 6.07) is 3.27. The highest BCUT2D eigenvalue weighted by Gasteiger charge is 2.23. The molecule has 0 aromatic carbocycles. The number of amides is 1. The smallest absolute Gasteiger partial charge is 0.287 e. The van der Waals surface area contributed by atoms with Crippen molar-refractivity contribution in [3.63, 3.8) is 0 Å². The summed E-state index contributed by atoms with van der Waals surface area (Å²) < 4.78 is 5.65. The predicted octanol–water partition coefficient (Wildman–Crippen LogP) is 2.32. The van der Waals surface area contributed by atoms with Gasteiger partial charge in [0.25, 0.3) is 5.91 Å². The van der Waals surface area contributed by atoms with Crippen molar-refractivity contribution in [1.29, 1.82) is 0 Å². The third-order valence-corrected chi connectivity index (χ3v) is 3.64. The highest BCUT2D eigenvalue weighted by atomic mass is 79.9. The monoisotopic (exact) mass is 301 g/mol. The molecule has 1 fully saturated rings. The van der Waals surface area contributed by atoms with Gasteiger partial charge in [0.15, 0.2) is 10.4 Å². The zero-order valence-electron chi connectivity index (χ0n) is 9.49. The molecular weight excluding hydrogens is 286 g/mol. The number of hydrogen-bond acceptors (Lipinski definition) is 3. The van der Waals surface area contributed by atoms with Gasteiger partial charge in [-0.05, 0) is 46.8 Å². The van der Waals surface area contributed by atoms with E-state index in [2.05, 4.69) is 21.2 Å². The summed E-state index contributed by atoms with van der Waals surface area (Å²) in [6.45, 7) is 0.293. The molecule has 1 aliphatic carbocycles. The van der Waals surface area contributed by atoms with E-state index in [1.165, 1.54) is 12.8 Å². The van der Waals surface area contributed by atoms with Crippen LogP contribution in [-0.4, -0.2) is 23.7 Å². The van der Waals surface area contributed by atoms with Gasteiger partial charge in [-0.25, -0.2) is 0 Å². The average Bonchev–Trinajstić information content (AvgIpc) is 2.95. The van der Waals surface area contributed by atoms with Crippen LogP contribution in [0, 0.1) is 5.92 Å². The number of furan rings is 1. The summed E-state index contributed by atoms with van der Waals surface area (Å²) in [6.07, 6.45) is 4.04. The lowest BCUT2D eigenvalue weighted by Gasteiger charge is -2.17. The molecule has 4 nitrogen and oxygen atoms in total. The number of aliphatic hydroxyl groups is 1. The minimum atomic E-state index is -0.445. The number of carbonyl (C=O) groups is 1. The number of nitrogens with one attached hydrogen (secondary N) is 1. The lowest BCUT2D eigenvalue weighted by Crippen LogP contribution is -2.35. The molecule has 5 heteroatoms. The third-order valence-electron chi connectivity index (χ3n) is 3.21. The Kier molecular flexibility index (Phi) is 4.23. The maximum Gasteiger partial charge on any atom is 0.287 e. The van der Waals surface area contributed by atoms with Gasteiger partial charge in [0.2, 0.25) is 0 Å². The largest absolute Gasteiger partial charge is 0.444 e. The molecule has 2 N–H and O–H groups in total. The van der Waals surface area contributed by atoms with Crippen LogP contribution >= 0.6 is 15.9 Å². The molecule has 1 aliphatic rings. The fraction of sp³-hybridized carbons (Fsp3) is 0.583. The van der Waals surface area contributed by atoms with Gasteiger partial charge in [-0.2, -0.15) is 0 Å². The highest BCUT2D eigenvalue weighted by Crippen LogP contribution is 2.27. The van der Waals surface area contributed by atoms with E-state index in [9.17, 15) is 9.90 Å². The van der Waals surface area contributed by atoms with Crippen LogP contribution in [0.5, 0.6) is 0 Å². The summed E-state index contributed by atoms with van der Waals surface area (Å²) in [4.78, 5) is 11.6. The van der Waals surface area contributed by atoms with Crippen molar-refractivity contribution in [1.82, 2.24) is 5.32 Å². The lowest BCUT2D eigenvalue weighted by molar-refractivity contribution is 0.0817. The molecule has 0 bridgehead atoms. The second kappa shape index (κ2) is 5.69. The molecule has 1 unspecified atom stereocenters. The van der Waals surface area contributed by atoms with Gasteiger partial charge < -0.3 is 14.8 Å². The molecule has 0 spiro atoms. The van der Waals surface area contributed by atoms with Crippen LogP contribution in [0.3, 0.4) is 0 Å². The number of aliphatic hydroxyl groups excluding tert-OH is 1. The van der Waals surface area contributed by atoms with Crippen molar-refractivity contribution in [2.24, 2.45) is 5.92 Å². The van der Waals surface area contributed by atoms with Gasteiger partial charge >= 0.3 is 0 Å². The third kappa shape index (κ3) is 3.33. The Labute approximate surface area is 109 Å². The Morgan fingerprint density at radius 3 is 2.82 bits per heavy atom. The van der Waals surface area contributed by atoms with Crippen molar-refractivity contribution < 1.29 is 14.3 Å². The molecule has 94 valence electrons. The first-order valence-electron chi connectivity index (χ1n) is 5.88. The topological polar surface area (TPSA) is 62.5 Å². The highest BCUT2D eigenvalue weighted by molar-refractivity contribution is 9.10. The Morgan fingerprint density at radius 1 is 1.53 bits per heavy atom. The van der Waals surface area contributed by atoms with Crippen molar-refractivity contribution >= 4 is 21.8 Å². The molecule has 2 rings (SSSR count). The SMILES string of the molecule is O=C(NCC(O)C1CCCC1)c1ccc(Br)o1. The van der Waals surface area contributed by atoms with Crippen molar-refractivity contribution in [2.75, 3.05) is 6.54 Å². The Bertz CT molecular complexity index is 385. The summed E-state index contributed by atoms with van der Waals surface area (Å²) in [7, 11) is 0. The van der Waals surface area contributed by atoms with E-state index in [1.807, 2.05) is 0 Å². The standard InChI is InChI=1S/C12H16BrNO3/c13-11-6-5-10(17-11)12(16)14-7-9(15)8-3-1-2-4-8/h5-6,8-9,15H,1-4,7H2,(H,14,16). The Morgan fingerprint density at radius 2 is 2.24 bits per heavy atom. The number of hydrogen-bond donors (Lipinski definition) is 2. The van der Waals surface area contributed by atoms with Crippen molar-refractivity contribution in [2.45, 2.75) is 31.8 Å². The van der Waals surface area contributed by atoms with Crippen LogP contribution in [0.4, 0.5) is 0 Å². The zero-order chi connectivity index (χ0) is 12.3. The van der Waals surface area contributed by atoms with Crippen molar-refractivity contribution in [3.8, 4) is 0 Å². The molecular formula is C12H16BrNO3. The van der Waals surface area contributed by atoms with Crippen LogP contribution in [0.15, 0.2) is 21.2 Å². The maximum atomic E-state index is 11.6.